The first-order valence-electron chi connectivity index (χ1n) is 9.49. The minimum atomic E-state index is -0.542. The molecule has 1 N–H and O–H groups in total. The lowest BCUT2D eigenvalue weighted by atomic mass is 9.81. The lowest BCUT2D eigenvalue weighted by molar-refractivity contribution is -0.172. The van der Waals surface area contributed by atoms with Gasteiger partial charge in [-0.3, -0.25) is 4.79 Å². The Morgan fingerprint density at radius 1 is 1.39 bits per heavy atom. The lowest BCUT2D eigenvalue weighted by Gasteiger charge is -2.37. The lowest BCUT2D eigenvalue weighted by Crippen LogP contribution is -2.41. The zero-order chi connectivity index (χ0) is 20.5. The van der Waals surface area contributed by atoms with Crippen LogP contribution in [0.4, 0.5) is 0 Å². The number of aliphatic hydroxyl groups is 1. The molecule has 0 bridgehead atoms. The van der Waals surface area contributed by atoms with Crippen molar-refractivity contribution >= 4 is 17.2 Å². The number of carbonyl (C=O) groups is 1. The van der Waals surface area contributed by atoms with Crippen molar-refractivity contribution in [1.29, 1.82) is 0 Å². The number of hydrogen-bond acceptors (Lipinski definition) is 7. The van der Waals surface area contributed by atoms with Crippen LogP contribution in [0.15, 0.2) is 28.7 Å². The van der Waals surface area contributed by atoms with Crippen molar-refractivity contribution in [3.8, 4) is 0 Å². The van der Waals surface area contributed by atoms with Crippen molar-refractivity contribution in [1.82, 2.24) is 4.90 Å². The highest BCUT2D eigenvalue weighted by Crippen LogP contribution is 2.40. The molecule has 1 aliphatic heterocycles. The highest BCUT2D eigenvalue weighted by Gasteiger charge is 2.38. The van der Waals surface area contributed by atoms with Gasteiger partial charge in [0, 0.05) is 46.3 Å². The maximum Gasteiger partial charge on any atom is 0.288 e. The van der Waals surface area contributed by atoms with E-state index in [-0.39, 0.29) is 36.7 Å². The second-order valence-corrected chi connectivity index (χ2v) is 7.45. The standard InChI is InChI=1S/C20H31NO6S/c1-5-26-20-15(7-6-9-22)16(14-8-10-28-13-14)11-17(27-20)19(23)21(2)12-18(24-3)25-4/h8,10-11,13,15-16,18,20,22H,5-7,9,12H2,1-4H3/t15-,16-,20-/m1/s1. The molecule has 1 aromatic heterocycles. The summed E-state index contributed by atoms with van der Waals surface area (Å²) in [5, 5.41) is 13.4. The minimum Gasteiger partial charge on any atom is -0.459 e. The van der Waals surface area contributed by atoms with Gasteiger partial charge in [0.15, 0.2) is 12.0 Å². The van der Waals surface area contributed by atoms with E-state index in [1.165, 1.54) is 19.1 Å². The Labute approximate surface area is 170 Å². The van der Waals surface area contributed by atoms with E-state index in [2.05, 4.69) is 11.4 Å². The fraction of sp³-hybridized carbons (Fsp3) is 0.650. The SMILES string of the molecule is CCO[C@@H]1OC(C(=O)N(C)CC(OC)OC)=C[C@H](c2ccsc2)[C@H]1CCCO. The van der Waals surface area contributed by atoms with Gasteiger partial charge in [0.25, 0.3) is 5.91 Å². The quantitative estimate of drug-likeness (QED) is 0.562. The average Bonchev–Trinajstić information content (AvgIpc) is 3.24. The van der Waals surface area contributed by atoms with Crippen LogP contribution >= 0.6 is 11.3 Å². The molecule has 0 saturated carbocycles. The monoisotopic (exact) mass is 413 g/mol. The fourth-order valence-corrected chi connectivity index (χ4v) is 4.05. The zero-order valence-corrected chi connectivity index (χ0v) is 17.8. The van der Waals surface area contributed by atoms with Crippen molar-refractivity contribution in [2.45, 2.75) is 38.3 Å². The van der Waals surface area contributed by atoms with Gasteiger partial charge in [-0.05, 0) is 48.2 Å². The Morgan fingerprint density at radius 3 is 2.71 bits per heavy atom. The summed E-state index contributed by atoms with van der Waals surface area (Å²) in [6.45, 7) is 2.77. The molecule has 7 nitrogen and oxygen atoms in total. The Bertz CT molecular complexity index is 616. The summed E-state index contributed by atoms with van der Waals surface area (Å²) in [4.78, 5) is 14.5. The molecular formula is C20H31NO6S. The number of hydrogen-bond donors (Lipinski definition) is 1. The maximum absolute atomic E-state index is 13.0. The number of thiophene rings is 1. The third-order valence-corrected chi connectivity index (χ3v) is 5.55. The van der Waals surface area contributed by atoms with Gasteiger partial charge in [0.05, 0.1) is 6.54 Å². The first-order chi connectivity index (χ1) is 13.5. The Hall–Kier alpha value is -1.45. The van der Waals surface area contributed by atoms with E-state index >= 15 is 0 Å². The van der Waals surface area contributed by atoms with Gasteiger partial charge in [-0.2, -0.15) is 11.3 Å². The van der Waals surface area contributed by atoms with Crippen LogP contribution in [-0.2, 0) is 23.7 Å². The second kappa shape index (κ2) is 11.5. The topological polar surface area (TPSA) is 77.5 Å². The van der Waals surface area contributed by atoms with Crippen molar-refractivity contribution in [2.75, 3.05) is 41.0 Å². The van der Waals surface area contributed by atoms with Crippen molar-refractivity contribution in [3.05, 3.63) is 34.2 Å². The predicted molar refractivity (Wildman–Crippen MR) is 107 cm³/mol. The van der Waals surface area contributed by atoms with E-state index < -0.39 is 12.6 Å². The third-order valence-electron chi connectivity index (χ3n) is 4.85. The van der Waals surface area contributed by atoms with E-state index in [0.717, 1.165) is 12.0 Å². The highest BCUT2D eigenvalue weighted by molar-refractivity contribution is 7.08. The van der Waals surface area contributed by atoms with Crippen molar-refractivity contribution in [3.63, 3.8) is 0 Å². The van der Waals surface area contributed by atoms with Crippen LogP contribution in [0.1, 0.15) is 31.2 Å². The number of allylic oxidation sites excluding steroid dienone is 1. The molecule has 0 aromatic carbocycles. The van der Waals surface area contributed by atoms with Crippen LogP contribution < -0.4 is 0 Å². The Kier molecular flexibility index (Phi) is 9.40. The van der Waals surface area contributed by atoms with Gasteiger partial charge in [0.1, 0.15) is 0 Å². The molecule has 0 aliphatic carbocycles. The highest BCUT2D eigenvalue weighted by atomic mass is 32.1. The molecule has 0 fully saturated rings. The number of methoxy groups -OCH3 is 2. The number of aliphatic hydroxyl groups excluding tert-OH is 1. The molecule has 2 heterocycles. The molecule has 8 heteroatoms. The number of rotatable bonds is 11. The first-order valence-corrected chi connectivity index (χ1v) is 10.4. The summed E-state index contributed by atoms with van der Waals surface area (Å²) >= 11 is 1.62. The number of likely N-dealkylation sites (N-methyl/N-ethyl adjacent to an activating group) is 1. The molecule has 3 atom stereocenters. The minimum absolute atomic E-state index is 0.0175. The molecule has 0 radical (unpaired) electrons. The van der Waals surface area contributed by atoms with Gasteiger partial charge in [0.2, 0.25) is 6.29 Å². The normalized spacial score (nSPS) is 22.1. The van der Waals surface area contributed by atoms with Crippen LogP contribution in [0.2, 0.25) is 0 Å². The Balaban J connectivity index is 2.28. The molecule has 28 heavy (non-hydrogen) atoms. The van der Waals surface area contributed by atoms with E-state index in [1.807, 2.05) is 18.4 Å². The smallest absolute Gasteiger partial charge is 0.288 e. The predicted octanol–water partition coefficient (Wildman–Crippen LogP) is 2.57. The number of carbonyl (C=O) groups excluding carboxylic acids is 1. The molecule has 0 saturated heterocycles. The van der Waals surface area contributed by atoms with E-state index in [4.69, 9.17) is 18.9 Å². The summed E-state index contributed by atoms with van der Waals surface area (Å²) in [6.07, 6.45) is 2.22. The molecule has 0 spiro atoms. The number of ether oxygens (including phenoxy) is 4. The number of amides is 1. The molecule has 2 rings (SSSR count). The van der Waals surface area contributed by atoms with E-state index in [1.54, 1.807) is 18.4 Å². The van der Waals surface area contributed by atoms with Gasteiger partial charge in [-0.15, -0.1) is 0 Å². The Morgan fingerprint density at radius 2 is 2.14 bits per heavy atom. The summed E-state index contributed by atoms with van der Waals surface area (Å²) in [5.41, 5.74) is 1.13. The number of nitrogens with zero attached hydrogens (tertiary/aromatic N) is 1. The summed E-state index contributed by atoms with van der Waals surface area (Å²) < 4.78 is 22.2. The van der Waals surface area contributed by atoms with Crippen molar-refractivity contribution in [2.24, 2.45) is 5.92 Å². The zero-order valence-electron chi connectivity index (χ0n) is 17.0. The second-order valence-electron chi connectivity index (χ2n) is 6.67. The van der Waals surface area contributed by atoms with Crippen molar-refractivity contribution < 1.29 is 28.8 Å². The van der Waals surface area contributed by atoms with Gasteiger partial charge in [-0.1, -0.05) is 0 Å². The summed E-state index contributed by atoms with van der Waals surface area (Å²) in [7, 11) is 4.75. The molecule has 158 valence electrons. The van der Waals surface area contributed by atoms with Gasteiger partial charge < -0.3 is 29.0 Å². The van der Waals surface area contributed by atoms with Crippen LogP contribution in [0.3, 0.4) is 0 Å². The molecule has 0 unspecified atom stereocenters. The van der Waals surface area contributed by atoms with Crippen LogP contribution in [-0.4, -0.2) is 69.5 Å². The molecule has 1 aromatic rings. The van der Waals surface area contributed by atoms with Gasteiger partial charge in [-0.25, -0.2) is 0 Å². The summed E-state index contributed by atoms with van der Waals surface area (Å²) in [5.74, 6) is 0.0262. The largest absolute Gasteiger partial charge is 0.459 e. The fourth-order valence-electron chi connectivity index (χ4n) is 3.34. The first kappa shape index (κ1) is 22.8. The maximum atomic E-state index is 13.0. The third kappa shape index (κ3) is 5.78. The van der Waals surface area contributed by atoms with Crippen LogP contribution in [0.5, 0.6) is 0 Å². The molecule has 1 amide bonds. The average molecular weight is 414 g/mol. The molecule has 1 aliphatic rings. The van der Waals surface area contributed by atoms with E-state index in [0.29, 0.717) is 13.0 Å². The van der Waals surface area contributed by atoms with E-state index in [9.17, 15) is 9.90 Å². The van der Waals surface area contributed by atoms with Crippen LogP contribution in [0, 0.1) is 5.92 Å². The molecular weight excluding hydrogens is 382 g/mol. The van der Waals surface area contributed by atoms with Crippen LogP contribution in [0.25, 0.3) is 0 Å². The summed E-state index contributed by atoms with van der Waals surface area (Å²) in [6, 6.07) is 2.06. The van der Waals surface area contributed by atoms with Gasteiger partial charge >= 0.3 is 0 Å².